The van der Waals surface area contributed by atoms with Crippen LogP contribution in [0.2, 0.25) is 0 Å². The van der Waals surface area contributed by atoms with Crippen molar-refractivity contribution >= 4 is 17.7 Å². The number of carboxylic acids is 1. The number of nitrogens with zero attached hydrogens (tertiary/aromatic N) is 1. The molecular weight excluding hydrogens is 419 g/mol. The number of hydrogen-bond donors (Lipinski definition) is 2. The van der Waals surface area contributed by atoms with Gasteiger partial charge in [-0.1, -0.05) is 46.8 Å². The number of anilines is 1. The van der Waals surface area contributed by atoms with Gasteiger partial charge in [-0.25, -0.2) is 14.0 Å². The zero-order chi connectivity index (χ0) is 24.6. The number of halogens is 1. The zero-order valence-corrected chi connectivity index (χ0v) is 20.2. The van der Waals surface area contributed by atoms with Crippen LogP contribution in [0.5, 0.6) is 0 Å². The number of benzene rings is 2. The molecule has 0 saturated heterocycles. The number of nitrogens with one attached hydrogen (secondary N) is 1. The van der Waals surface area contributed by atoms with Gasteiger partial charge in [-0.2, -0.15) is 0 Å². The van der Waals surface area contributed by atoms with Crippen molar-refractivity contribution < 1.29 is 19.1 Å². The Morgan fingerprint density at radius 2 is 1.79 bits per heavy atom. The highest BCUT2D eigenvalue weighted by molar-refractivity contribution is 5.97. The molecule has 2 N–H and O–H groups in total. The molecule has 33 heavy (non-hydrogen) atoms. The topological polar surface area (TPSA) is 69.6 Å². The first-order chi connectivity index (χ1) is 15.3. The number of amides is 2. The van der Waals surface area contributed by atoms with Gasteiger partial charge in [0.05, 0.1) is 16.8 Å². The Kier molecular flexibility index (Phi) is 6.68. The molecular formula is C27H33FN2O3. The SMILES string of the molecule is CC(C)C1=CN(c2ccc(C(=O)O)cc2)C(=O)N[C@@]1(C)c1ccc(CCC(C)(C)C)c(F)c1. The molecule has 2 aromatic carbocycles. The summed E-state index contributed by atoms with van der Waals surface area (Å²) >= 11 is 0. The largest absolute Gasteiger partial charge is 0.478 e. The lowest BCUT2D eigenvalue weighted by Gasteiger charge is -2.42. The van der Waals surface area contributed by atoms with Crippen LogP contribution in [0, 0.1) is 17.2 Å². The molecule has 0 saturated carbocycles. The molecule has 5 nitrogen and oxygen atoms in total. The second-order valence-electron chi connectivity index (χ2n) is 10.4. The molecule has 1 heterocycles. The van der Waals surface area contributed by atoms with Crippen LogP contribution in [0.25, 0.3) is 0 Å². The summed E-state index contributed by atoms with van der Waals surface area (Å²) in [6, 6.07) is 11.0. The summed E-state index contributed by atoms with van der Waals surface area (Å²) < 4.78 is 15.0. The van der Waals surface area contributed by atoms with Gasteiger partial charge in [0.1, 0.15) is 5.82 Å². The molecule has 2 aromatic rings. The predicted octanol–water partition coefficient (Wildman–Crippen LogP) is 6.49. The third-order valence-electron chi connectivity index (χ3n) is 6.21. The highest BCUT2D eigenvalue weighted by atomic mass is 19.1. The minimum atomic E-state index is -1.02. The smallest absolute Gasteiger partial charge is 0.335 e. The van der Waals surface area contributed by atoms with Crippen LogP contribution in [0.3, 0.4) is 0 Å². The van der Waals surface area contributed by atoms with Gasteiger partial charge in [-0.05, 0) is 78.1 Å². The van der Waals surface area contributed by atoms with Crippen LogP contribution >= 0.6 is 0 Å². The molecule has 0 spiro atoms. The fourth-order valence-corrected chi connectivity index (χ4v) is 4.17. The number of carboxylic acid groups (broad SMARTS) is 1. The van der Waals surface area contributed by atoms with Crippen LogP contribution in [-0.4, -0.2) is 17.1 Å². The van der Waals surface area contributed by atoms with E-state index in [1.165, 1.54) is 23.1 Å². The van der Waals surface area contributed by atoms with Crippen molar-refractivity contribution in [3.8, 4) is 0 Å². The molecule has 0 fully saturated rings. The molecule has 0 bridgehead atoms. The Labute approximate surface area is 195 Å². The van der Waals surface area contributed by atoms with E-state index < -0.39 is 11.5 Å². The summed E-state index contributed by atoms with van der Waals surface area (Å²) in [5.74, 6) is -1.22. The molecule has 176 valence electrons. The molecule has 1 aliphatic rings. The zero-order valence-electron chi connectivity index (χ0n) is 20.2. The normalized spacial score (nSPS) is 18.8. The Bertz CT molecular complexity index is 1080. The maximum Gasteiger partial charge on any atom is 0.335 e. The lowest BCUT2D eigenvalue weighted by Crippen LogP contribution is -2.55. The Morgan fingerprint density at radius 1 is 1.15 bits per heavy atom. The molecule has 3 rings (SSSR count). The monoisotopic (exact) mass is 452 g/mol. The molecule has 0 aliphatic carbocycles. The average molecular weight is 453 g/mol. The molecule has 0 radical (unpaired) electrons. The third-order valence-corrected chi connectivity index (χ3v) is 6.21. The lowest BCUT2D eigenvalue weighted by molar-refractivity contribution is 0.0697. The van der Waals surface area contributed by atoms with Gasteiger partial charge >= 0.3 is 12.0 Å². The van der Waals surface area contributed by atoms with Gasteiger partial charge in [0.15, 0.2) is 0 Å². The van der Waals surface area contributed by atoms with E-state index in [1.807, 2.05) is 32.9 Å². The maximum atomic E-state index is 15.0. The minimum absolute atomic E-state index is 0.0695. The van der Waals surface area contributed by atoms with E-state index in [1.54, 1.807) is 18.3 Å². The Hall–Kier alpha value is -3.15. The number of rotatable bonds is 6. The van der Waals surface area contributed by atoms with Crippen LogP contribution in [0.4, 0.5) is 14.9 Å². The Balaban J connectivity index is 1.97. The second-order valence-corrected chi connectivity index (χ2v) is 10.4. The molecule has 1 atom stereocenters. The second kappa shape index (κ2) is 9.00. The third kappa shape index (κ3) is 5.27. The van der Waals surface area contributed by atoms with E-state index in [0.717, 1.165) is 12.0 Å². The van der Waals surface area contributed by atoms with Crippen molar-refractivity contribution in [3.05, 3.63) is 76.7 Å². The molecule has 1 aliphatic heterocycles. The average Bonchev–Trinajstić information content (AvgIpc) is 2.72. The van der Waals surface area contributed by atoms with Crippen LogP contribution < -0.4 is 10.2 Å². The fourth-order valence-electron chi connectivity index (χ4n) is 4.17. The summed E-state index contributed by atoms with van der Waals surface area (Å²) in [7, 11) is 0. The predicted molar refractivity (Wildman–Crippen MR) is 129 cm³/mol. The number of urea groups is 1. The molecule has 0 unspecified atom stereocenters. The van der Waals surface area contributed by atoms with Gasteiger partial charge in [-0.15, -0.1) is 0 Å². The van der Waals surface area contributed by atoms with Crippen molar-refractivity contribution in [2.45, 2.75) is 59.9 Å². The number of aromatic carboxylic acids is 1. The maximum absolute atomic E-state index is 15.0. The van der Waals surface area contributed by atoms with Gasteiger partial charge in [0.25, 0.3) is 0 Å². The van der Waals surface area contributed by atoms with Crippen molar-refractivity contribution in [2.75, 3.05) is 4.90 Å². The van der Waals surface area contributed by atoms with Crippen molar-refractivity contribution in [1.29, 1.82) is 0 Å². The first-order valence-corrected chi connectivity index (χ1v) is 11.3. The van der Waals surface area contributed by atoms with Gasteiger partial charge in [-0.3, -0.25) is 4.90 Å². The summed E-state index contributed by atoms with van der Waals surface area (Å²) in [5.41, 5.74) is 2.24. The minimum Gasteiger partial charge on any atom is -0.478 e. The summed E-state index contributed by atoms with van der Waals surface area (Å²) in [6.45, 7) is 12.4. The number of carbonyl (C=O) groups excluding carboxylic acids is 1. The van der Waals surface area contributed by atoms with Crippen molar-refractivity contribution in [3.63, 3.8) is 0 Å². The van der Waals surface area contributed by atoms with Crippen molar-refractivity contribution in [1.82, 2.24) is 5.32 Å². The van der Waals surface area contributed by atoms with E-state index in [2.05, 4.69) is 26.1 Å². The van der Waals surface area contributed by atoms with Crippen LogP contribution in [-0.2, 0) is 12.0 Å². The van der Waals surface area contributed by atoms with Gasteiger partial charge in [0, 0.05) is 6.20 Å². The molecule has 6 heteroatoms. The number of hydrogen-bond acceptors (Lipinski definition) is 2. The molecule has 2 amide bonds. The van der Waals surface area contributed by atoms with E-state index in [0.29, 0.717) is 23.2 Å². The number of carbonyl (C=O) groups is 2. The van der Waals surface area contributed by atoms with Crippen LogP contribution in [0.15, 0.2) is 54.2 Å². The highest BCUT2D eigenvalue weighted by Gasteiger charge is 2.40. The highest BCUT2D eigenvalue weighted by Crippen LogP contribution is 2.39. The summed E-state index contributed by atoms with van der Waals surface area (Å²) in [6.07, 6.45) is 3.32. The first kappa shape index (κ1) is 24.5. The lowest BCUT2D eigenvalue weighted by atomic mass is 9.77. The van der Waals surface area contributed by atoms with E-state index in [9.17, 15) is 9.59 Å². The summed E-state index contributed by atoms with van der Waals surface area (Å²) in [4.78, 5) is 25.7. The van der Waals surface area contributed by atoms with E-state index in [4.69, 9.17) is 5.11 Å². The van der Waals surface area contributed by atoms with E-state index in [-0.39, 0.29) is 28.7 Å². The standard InChI is InChI=1S/C27H33FN2O3/c1-17(2)22-16-30(21-11-8-19(9-12-21)24(31)32)25(33)29-27(22,6)20-10-7-18(23(28)15-20)13-14-26(3,4)5/h7-12,15-17H,13-14H2,1-6H3,(H,29,33)(H,31,32)/t27-/m0/s1. The van der Waals surface area contributed by atoms with Gasteiger partial charge in [0.2, 0.25) is 0 Å². The van der Waals surface area contributed by atoms with Crippen molar-refractivity contribution in [2.24, 2.45) is 11.3 Å². The van der Waals surface area contributed by atoms with E-state index >= 15 is 4.39 Å². The van der Waals surface area contributed by atoms with Crippen LogP contribution in [0.1, 0.15) is 69.4 Å². The van der Waals surface area contributed by atoms with Gasteiger partial charge < -0.3 is 10.4 Å². The Morgan fingerprint density at radius 3 is 2.30 bits per heavy atom. The summed E-state index contributed by atoms with van der Waals surface area (Å²) in [5, 5.41) is 12.2. The quantitative estimate of drug-likeness (QED) is 0.526. The number of aryl methyl sites for hydroxylation is 1. The first-order valence-electron chi connectivity index (χ1n) is 11.3. The fraction of sp³-hybridized carbons (Fsp3) is 0.407. The molecule has 0 aromatic heterocycles.